The predicted octanol–water partition coefficient (Wildman–Crippen LogP) is 5.65. The summed E-state index contributed by atoms with van der Waals surface area (Å²) in [5.74, 6) is 3.21. The molecule has 0 N–H and O–H groups in total. The molecule has 5 aliphatic rings. The van der Waals surface area contributed by atoms with Crippen molar-refractivity contribution in [3.8, 4) is 5.75 Å². The molecule has 2 heterocycles. The number of aromatic nitrogens is 1. The van der Waals surface area contributed by atoms with Gasteiger partial charge in [-0.05, 0) is 74.8 Å². The Bertz CT molecular complexity index is 1040. The van der Waals surface area contributed by atoms with Crippen molar-refractivity contribution in [1.29, 1.82) is 0 Å². The molecule has 1 amide bonds. The molecule has 192 valence electrons. The zero-order valence-corrected chi connectivity index (χ0v) is 22.7. The number of hydrogen-bond acceptors (Lipinski definition) is 6. The van der Waals surface area contributed by atoms with Crippen LogP contribution in [-0.4, -0.2) is 62.3 Å². The molecule has 1 saturated heterocycles. The number of hydrogen-bond donors (Lipinski definition) is 0. The van der Waals surface area contributed by atoms with Gasteiger partial charge in [-0.15, -0.1) is 12.4 Å². The predicted molar refractivity (Wildman–Crippen MR) is 143 cm³/mol. The minimum atomic E-state index is -0.195. The second-order valence-corrected chi connectivity index (χ2v) is 12.3. The number of ether oxygens (including phenoxy) is 2. The van der Waals surface area contributed by atoms with Gasteiger partial charge >= 0.3 is 0 Å². The molecule has 2 aromatic rings. The van der Waals surface area contributed by atoms with Gasteiger partial charge in [0.15, 0.2) is 5.13 Å². The van der Waals surface area contributed by atoms with E-state index in [4.69, 9.17) is 26.1 Å². The van der Waals surface area contributed by atoms with Crippen LogP contribution < -0.4 is 9.64 Å². The average Bonchev–Trinajstić information content (AvgIpc) is 3.28. The highest BCUT2D eigenvalue weighted by Gasteiger charge is 2.56. The zero-order valence-electron chi connectivity index (χ0n) is 20.3. The van der Waals surface area contributed by atoms with Crippen molar-refractivity contribution in [2.24, 2.45) is 23.2 Å². The Balaban J connectivity index is 0.00000253. The van der Waals surface area contributed by atoms with Gasteiger partial charge in [-0.3, -0.25) is 14.6 Å². The molecule has 6 nitrogen and oxygen atoms in total. The maximum atomic E-state index is 14.4. The number of carbonyl (C=O) groups is 1. The van der Waals surface area contributed by atoms with Crippen molar-refractivity contribution in [3.63, 3.8) is 0 Å². The van der Waals surface area contributed by atoms with Gasteiger partial charge < -0.3 is 9.47 Å². The van der Waals surface area contributed by atoms with Crippen LogP contribution in [0.15, 0.2) is 12.1 Å². The number of carbonyl (C=O) groups excluding carboxylic acids is 1. The molecule has 1 aliphatic heterocycles. The number of methoxy groups -OCH3 is 1. The van der Waals surface area contributed by atoms with Gasteiger partial charge in [0.05, 0.1) is 35.5 Å². The smallest absolute Gasteiger partial charge is 0.235 e. The summed E-state index contributed by atoms with van der Waals surface area (Å²) in [5, 5.41) is 1.43. The molecule has 0 unspecified atom stereocenters. The van der Waals surface area contributed by atoms with Crippen molar-refractivity contribution >= 4 is 56.6 Å². The van der Waals surface area contributed by atoms with Crippen molar-refractivity contribution in [2.75, 3.05) is 51.4 Å². The van der Waals surface area contributed by atoms with E-state index in [1.54, 1.807) is 7.11 Å². The van der Waals surface area contributed by atoms with Crippen LogP contribution in [0.3, 0.4) is 0 Å². The minimum absolute atomic E-state index is 0. The number of benzene rings is 1. The first-order valence-corrected chi connectivity index (χ1v) is 14.0. The molecule has 9 heteroatoms. The third-order valence-corrected chi connectivity index (χ3v) is 10.1. The molecule has 35 heavy (non-hydrogen) atoms. The molecule has 5 fully saturated rings. The number of amides is 1. The largest absolute Gasteiger partial charge is 0.494 e. The SMILES string of the molecule is COc1ccc(Cl)c2sc(N(CCCN3CCOCC3)C(=O)C34CC5CC(CC(C5)C3)C4)nc12.Cl. The lowest BCUT2D eigenvalue weighted by molar-refractivity contribution is -0.143. The number of fused-ring (bicyclic) bond motifs is 1. The van der Waals surface area contributed by atoms with Gasteiger partial charge in [-0.25, -0.2) is 4.98 Å². The lowest BCUT2D eigenvalue weighted by atomic mass is 9.49. The van der Waals surface area contributed by atoms with Crippen LogP contribution in [-0.2, 0) is 9.53 Å². The van der Waals surface area contributed by atoms with Crippen LogP contribution in [0.5, 0.6) is 5.75 Å². The first-order chi connectivity index (χ1) is 16.5. The summed E-state index contributed by atoms with van der Waals surface area (Å²) in [7, 11) is 1.66. The monoisotopic (exact) mass is 539 g/mol. The standard InChI is InChI=1S/C26H34ClN3O3S.ClH/c1-32-21-4-3-20(27)23-22(21)28-25(34-23)30(6-2-5-29-7-9-33-10-8-29)24(31)26-14-17-11-18(15-26)13-19(12-17)16-26;/h3-4,17-19H,2,5-16H2,1H3;1H. The Kier molecular flexibility index (Phi) is 7.53. The van der Waals surface area contributed by atoms with Crippen LogP contribution >= 0.6 is 35.3 Å². The van der Waals surface area contributed by atoms with Crippen LogP contribution in [0.1, 0.15) is 44.9 Å². The minimum Gasteiger partial charge on any atom is -0.494 e. The molecule has 0 atom stereocenters. The summed E-state index contributed by atoms with van der Waals surface area (Å²) in [4.78, 5) is 23.8. The summed E-state index contributed by atoms with van der Waals surface area (Å²) in [6, 6.07) is 3.71. The van der Waals surface area contributed by atoms with E-state index in [2.05, 4.69) is 4.90 Å². The molecule has 1 aromatic heterocycles. The highest BCUT2D eigenvalue weighted by Crippen LogP contribution is 2.61. The van der Waals surface area contributed by atoms with Crippen LogP contribution in [0.2, 0.25) is 5.02 Å². The van der Waals surface area contributed by atoms with E-state index in [1.807, 2.05) is 17.0 Å². The van der Waals surface area contributed by atoms with Gasteiger partial charge in [0.2, 0.25) is 5.91 Å². The van der Waals surface area contributed by atoms with E-state index in [0.29, 0.717) is 23.2 Å². The number of halogens is 2. The number of thiazole rings is 1. The fourth-order valence-electron chi connectivity index (χ4n) is 7.44. The van der Waals surface area contributed by atoms with Crippen molar-refractivity contribution < 1.29 is 14.3 Å². The number of nitrogens with zero attached hydrogens (tertiary/aromatic N) is 3. The average molecular weight is 541 g/mol. The van der Waals surface area contributed by atoms with E-state index in [1.165, 1.54) is 30.6 Å². The van der Waals surface area contributed by atoms with Gasteiger partial charge in [0.25, 0.3) is 0 Å². The topological polar surface area (TPSA) is 54.9 Å². The summed E-state index contributed by atoms with van der Waals surface area (Å²) < 4.78 is 12.0. The van der Waals surface area contributed by atoms with E-state index >= 15 is 0 Å². The lowest BCUT2D eigenvalue weighted by Gasteiger charge is -2.56. The van der Waals surface area contributed by atoms with Crippen molar-refractivity contribution in [2.45, 2.75) is 44.9 Å². The fourth-order valence-corrected chi connectivity index (χ4v) is 8.72. The van der Waals surface area contributed by atoms with Gasteiger partial charge in [0.1, 0.15) is 11.3 Å². The number of anilines is 1. The number of rotatable bonds is 7. The fraction of sp³-hybridized carbons (Fsp3) is 0.692. The molecule has 1 aromatic carbocycles. The second-order valence-electron chi connectivity index (χ2n) is 10.9. The van der Waals surface area contributed by atoms with Gasteiger partial charge in [0, 0.05) is 26.2 Å². The highest BCUT2D eigenvalue weighted by molar-refractivity contribution is 7.23. The maximum absolute atomic E-state index is 14.4. The third-order valence-electron chi connectivity index (χ3n) is 8.59. The highest BCUT2D eigenvalue weighted by atomic mass is 35.5. The molecule has 7 rings (SSSR count). The zero-order chi connectivity index (χ0) is 23.3. The summed E-state index contributed by atoms with van der Waals surface area (Å²) in [6.07, 6.45) is 8.11. The second kappa shape index (κ2) is 10.3. The van der Waals surface area contributed by atoms with Gasteiger partial charge in [-0.1, -0.05) is 22.9 Å². The Morgan fingerprint density at radius 2 is 1.86 bits per heavy atom. The Labute approximate surface area is 222 Å². The Morgan fingerprint density at radius 1 is 1.20 bits per heavy atom. The van der Waals surface area contributed by atoms with E-state index < -0.39 is 0 Å². The number of morpholine rings is 1. The Hall–Kier alpha value is -1.12. The normalized spacial score (nSPS) is 29.8. The quantitative estimate of drug-likeness (QED) is 0.454. The van der Waals surface area contributed by atoms with Crippen LogP contribution in [0.4, 0.5) is 5.13 Å². The molecular formula is C26H35Cl2N3O3S. The molecule has 0 spiro atoms. The van der Waals surface area contributed by atoms with Crippen molar-refractivity contribution in [1.82, 2.24) is 9.88 Å². The van der Waals surface area contributed by atoms with Crippen LogP contribution in [0, 0.1) is 23.2 Å². The third kappa shape index (κ3) is 4.79. The van der Waals surface area contributed by atoms with E-state index in [-0.39, 0.29) is 17.8 Å². The van der Waals surface area contributed by atoms with E-state index in [0.717, 1.165) is 91.6 Å². The van der Waals surface area contributed by atoms with Crippen molar-refractivity contribution in [3.05, 3.63) is 17.2 Å². The molecule has 4 bridgehead atoms. The Morgan fingerprint density at radius 3 is 2.49 bits per heavy atom. The summed E-state index contributed by atoms with van der Waals surface area (Å²) in [5.41, 5.74) is 0.561. The van der Waals surface area contributed by atoms with Gasteiger partial charge in [-0.2, -0.15) is 0 Å². The molecular weight excluding hydrogens is 505 g/mol. The van der Waals surface area contributed by atoms with E-state index in [9.17, 15) is 4.79 Å². The summed E-state index contributed by atoms with van der Waals surface area (Å²) >= 11 is 8.07. The van der Waals surface area contributed by atoms with Crippen LogP contribution in [0.25, 0.3) is 10.2 Å². The molecule has 4 aliphatic carbocycles. The molecule has 4 saturated carbocycles. The lowest BCUT2D eigenvalue weighted by Crippen LogP contribution is -2.55. The summed E-state index contributed by atoms with van der Waals surface area (Å²) in [6.45, 7) is 5.20. The first kappa shape index (κ1) is 25.5. The molecule has 0 radical (unpaired) electrons. The first-order valence-electron chi connectivity index (χ1n) is 12.8. The maximum Gasteiger partial charge on any atom is 0.235 e.